The van der Waals surface area contributed by atoms with Crippen molar-refractivity contribution < 1.29 is 18.4 Å². The van der Waals surface area contributed by atoms with Crippen LogP contribution in [0.15, 0.2) is 45.6 Å². The summed E-state index contributed by atoms with van der Waals surface area (Å²) < 4.78 is 9.23. The zero-order chi connectivity index (χ0) is 12.2. The van der Waals surface area contributed by atoms with Crippen molar-refractivity contribution in [3.63, 3.8) is 0 Å². The van der Waals surface area contributed by atoms with Crippen molar-refractivity contribution in [2.75, 3.05) is 0 Å². The molecule has 0 aliphatic rings. The maximum absolute atomic E-state index is 9.77. The molecule has 0 saturated carbocycles. The number of hydrogen-bond acceptors (Lipinski definition) is 6. The molecule has 0 spiro atoms. The third kappa shape index (κ3) is 5.53. The van der Waals surface area contributed by atoms with Gasteiger partial charge in [0, 0.05) is 0 Å². The van der Waals surface area contributed by atoms with E-state index in [2.05, 4.69) is 20.5 Å². The summed E-state index contributed by atoms with van der Waals surface area (Å²) in [4.78, 5) is 19.5. The number of carbonyl (C=O) groups is 2. The van der Waals surface area contributed by atoms with E-state index in [9.17, 15) is 9.59 Å². The normalized spacial score (nSPS) is 7.88. The van der Waals surface area contributed by atoms with Crippen LogP contribution < -0.4 is 11.7 Å². The Bertz CT molecular complexity index is 329. The standard InChI is InChI=1S/2C5H4O2.H4N2/c2*6-4-5-2-1-3-7-5;1-2/h2*1-4H;1-2H2. The van der Waals surface area contributed by atoms with Crippen molar-refractivity contribution in [2.24, 2.45) is 11.7 Å². The van der Waals surface area contributed by atoms with Gasteiger partial charge in [0.2, 0.25) is 0 Å². The summed E-state index contributed by atoms with van der Waals surface area (Å²) in [6.45, 7) is 0. The average Bonchev–Trinajstić information content (AvgIpc) is 3.05. The topological polar surface area (TPSA) is 112 Å². The van der Waals surface area contributed by atoms with E-state index in [4.69, 9.17) is 0 Å². The molecule has 16 heavy (non-hydrogen) atoms. The number of aldehydes is 2. The van der Waals surface area contributed by atoms with Gasteiger partial charge in [-0.2, -0.15) is 0 Å². The smallest absolute Gasteiger partial charge is 0.185 e. The molecule has 2 rings (SSSR count). The van der Waals surface area contributed by atoms with Gasteiger partial charge in [-0.3, -0.25) is 21.3 Å². The largest absolute Gasteiger partial charge is 0.462 e. The fourth-order valence-corrected chi connectivity index (χ4v) is 0.717. The molecule has 6 heteroatoms. The summed E-state index contributed by atoms with van der Waals surface area (Å²) in [5.74, 6) is 8.75. The van der Waals surface area contributed by atoms with Gasteiger partial charge in [-0.05, 0) is 24.3 Å². The third-order valence-corrected chi connectivity index (χ3v) is 1.32. The Labute approximate surface area is 91.8 Å². The fourth-order valence-electron chi connectivity index (χ4n) is 0.717. The van der Waals surface area contributed by atoms with Crippen molar-refractivity contribution in [3.8, 4) is 0 Å². The molecule has 0 fully saturated rings. The second-order valence-corrected chi connectivity index (χ2v) is 2.27. The fraction of sp³-hybridized carbons (Fsp3) is 0. The molecule has 4 N–H and O–H groups in total. The molecule has 2 aromatic rings. The minimum atomic E-state index is 0.375. The Hall–Kier alpha value is -2.18. The van der Waals surface area contributed by atoms with Gasteiger partial charge in [0.15, 0.2) is 24.1 Å². The van der Waals surface area contributed by atoms with Crippen LogP contribution in [-0.4, -0.2) is 12.6 Å². The van der Waals surface area contributed by atoms with Gasteiger partial charge in [0.25, 0.3) is 0 Å². The van der Waals surface area contributed by atoms with E-state index in [0.29, 0.717) is 24.1 Å². The maximum atomic E-state index is 9.77. The van der Waals surface area contributed by atoms with E-state index < -0.39 is 0 Å². The second-order valence-electron chi connectivity index (χ2n) is 2.27. The number of furan rings is 2. The molecule has 2 aromatic heterocycles. The molecular formula is C10H12N2O4. The summed E-state index contributed by atoms with van der Waals surface area (Å²) in [6.07, 6.45) is 4.26. The monoisotopic (exact) mass is 224 g/mol. The minimum absolute atomic E-state index is 0.375. The van der Waals surface area contributed by atoms with Crippen LogP contribution in [0.3, 0.4) is 0 Å². The number of nitrogens with two attached hydrogens (primary N) is 2. The predicted octanol–water partition coefficient (Wildman–Crippen LogP) is 1.00. The van der Waals surface area contributed by atoms with Gasteiger partial charge in [0.05, 0.1) is 12.5 Å². The summed E-state index contributed by atoms with van der Waals surface area (Å²) in [5.41, 5.74) is 0. The van der Waals surface area contributed by atoms with E-state index in [0.717, 1.165) is 0 Å². The van der Waals surface area contributed by atoms with Crippen LogP contribution in [0.2, 0.25) is 0 Å². The molecule has 0 saturated heterocycles. The van der Waals surface area contributed by atoms with Crippen molar-refractivity contribution in [3.05, 3.63) is 48.3 Å². The number of hydrogen-bond donors (Lipinski definition) is 2. The number of carbonyl (C=O) groups excluding carboxylic acids is 2. The van der Waals surface area contributed by atoms with Crippen LogP contribution >= 0.6 is 0 Å². The molecule has 0 aromatic carbocycles. The zero-order valence-corrected chi connectivity index (χ0v) is 8.41. The zero-order valence-electron chi connectivity index (χ0n) is 8.41. The number of hydrazine groups is 1. The first-order valence-electron chi connectivity index (χ1n) is 4.17. The van der Waals surface area contributed by atoms with Gasteiger partial charge >= 0.3 is 0 Å². The highest BCUT2D eigenvalue weighted by Crippen LogP contribution is 1.93. The van der Waals surface area contributed by atoms with Gasteiger partial charge in [0.1, 0.15) is 0 Å². The van der Waals surface area contributed by atoms with Gasteiger partial charge in [-0.25, -0.2) is 0 Å². The molecule has 6 nitrogen and oxygen atoms in total. The molecular weight excluding hydrogens is 212 g/mol. The summed E-state index contributed by atoms with van der Waals surface area (Å²) >= 11 is 0. The van der Waals surface area contributed by atoms with Crippen LogP contribution in [0.1, 0.15) is 21.1 Å². The molecule has 2 heterocycles. The van der Waals surface area contributed by atoms with Crippen molar-refractivity contribution in [2.45, 2.75) is 0 Å². The Morgan fingerprint density at radius 2 is 1.25 bits per heavy atom. The van der Waals surface area contributed by atoms with Crippen LogP contribution in [-0.2, 0) is 0 Å². The second kappa shape index (κ2) is 9.38. The van der Waals surface area contributed by atoms with Crippen molar-refractivity contribution in [1.29, 1.82) is 0 Å². The van der Waals surface area contributed by atoms with E-state index in [1.807, 2.05) is 0 Å². The first-order valence-corrected chi connectivity index (χ1v) is 4.17. The predicted molar refractivity (Wildman–Crippen MR) is 56.6 cm³/mol. The maximum Gasteiger partial charge on any atom is 0.185 e. The van der Waals surface area contributed by atoms with Gasteiger partial charge < -0.3 is 8.83 Å². The molecule has 86 valence electrons. The lowest BCUT2D eigenvalue weighted by molar-refractivity contribution is 0.109. The van der Waals surface area contributed by atoms with E-state index in [-0.39, 0.29) is 0 Å². The lowest BCUT2D eigenvalue weighted by atomic mass is 10.5. The summed E-state index contributed by atoms with van der Waals surface area (Å²) in [5, 5.41) is 0. The van der Waals surface area contributed by atoms with Gasteiger partial charge in [-0.1, -0.05) is 0 Å². The Kier molecular flexibility index (Phi) is 8.10. The van der Waals surface area contributed by atoms with Crippen LogP contribution in [0, 0.1) is 0 Å². The first-order chi connectivity index (χ1) is 7.86. The highest BCUT2D eigenvalue weighted by molar-refractivity contribution is 5.70. The first kappa shape index (κ1) is 13.8. The highest BCUT2D eigenvalue weighted by Gasteiger charge is 1.85. The molecule has 0 aliphatic heterocycles. The summed E-state index contributed by atoms with van der Waals surface area (Å²) in [6, 6.07) is 6.55. The average molecular weight is 224 g/mol. The Morgan fingerprint density at radius 1 is 0.875 bits per heavy atom. The molecule has 0 unspecified atom stereocenters. The lowest BCUT2D eigenvalue weighted by Gasteiger charge is -1.68. The van der Waals surface area contributed by atoms with E-state index in [1.54, 1.807) is 24.3 Å². The molecule has 0 bridgehead atoms. The number of rotatable bonds is 2. The van der Waals surface area contributed by atoms with Crippen LogP contribution in [0.4, 0.5) is 0 Å². The van der Waals surface area contributed by atoms with Crippen LogP contribution in [0.5, 0.6) is 0 Å². The minimum Gasteiger partial charge on any atom is -0.462 e. The Morgan fingerprint density at radius 3 is 1.38 bits per heavy atom. The van der Waals surface area contributed by atoms with Crippen molar-refractivity contribution >= 4 is 12.6 Å². The van der Waals surface area contributed by atoms with E-state index in [1.165, 1.54) is 12.5 Å². The molecule has 0 radical (unpaired) electrons. The SMILES string of the molecule is NN.O=Cc1ccco1.O=Cc1ccco1. The highest BCUT2D eigenvalue weighted by atomic mass is 16.3. The molecule has 0 amide bonds. The van der Waals surface area contributed by atoms with Crippen LogP contribution in [0.25, 0.3) is 0 Å². The molecule has 0 atom stereocenters. The van der Waals surface area contributed by atoms with Gasteiger partial charge in [-0.15, -0.1) is 0 Å². The lowest BCUT2D eigenvalue weighted by Crippen LogP contribution is -2.02. The van der Waals surface area contributed by atoms with E-state index >= 15 is 0 Å². The molecule has 0 aliphatic carbocycles. The third-order valence-electron chi connectivity index (χ3n) is 1.32. The van der Waals surface area contributed by atoms with Crippen molar-refractivity contribution in [1.82, 2.24) is 0 Å². The Balaban J connectivity index is 0.000000244. The summed E-state index contributed by atoms with van der Waals surface area (Å²) in [7, 11) is 0. The quantitative estimate of drug-likeness (QED) is 0.447.